The van der Waals surface area contributed by atoms with E-state index in [1.807, 2.05) is 0 Å². The van der Waals surface area contributed by atoms with Crippen LogP contribution in [0.4, 0.5) is 0 Å². The summed E-state index contributed by atoms with van der Waals surface area (Å²) < 4.78 is 0. The normalized spacial score (nSPS) is 17.0. The molecule has 1 heterocycles. The lowest BCUT2D eigenvalue weighted by Crippen LogP contribution is -2.30. The maximum atomic E-state index is 10.7. The summed E-state index contributed by atoms with van der Waals surface area (Å²) in [5.74, 6) is 1.66. The third-order valence-electron chi connectivity index (χ3n) is 1.83. The number of aldehydes is 1. The smallest absolute Gasteiger partial charge is 0.159 e. The molecule has 0 radical (unpaired) electrons. The second-order valence-corrected chi connectivity index (χ2v) is 3.11. The fraction of sp³-hybridized carbons (Fsp3) is 0.444. The van der Waals surface area contributed by atoms with E-state index in [9.17, 15) is 9.59 Å². The van der Waals surface area contributed by atoms with Crippen LogP contribution in [-0.2, 0) is 14.4 Å². The summed E-state index contributed by atoms with van der Waals surface area (Å²) in [7, 11) is 0. The summed E-state index contributed by atoms with van der Waals surface area (Å²) in [6.45, 7) is 2.69. The average molecular weight is 216 g/mol. The van der Waals surface area contributed by atoms with Crippen molar-refractivity contribution in [2.75, 3.05) is 13.2 Å². The van der Waals surface area contributed by atoms with Crippen LogP contribution in [0.15, 0.2) is 16.3 Å². The first-order valence-electron chi connectivity index (χ1n) is 4.24. The molecule has 0 N–H and O–H groups in total. The van der Waals surface area contributed by atoms with E-state index in [4.69, 9.17) is 16.4 Å². The van der Waals surface area contributed by atoms with Crippen molar-refractivity contribution in [3.63, 3.8) is 0 Å². The summed E-state index contributed by atoms with van der Waals surface area (Å²) in [5, 5.41) is 1.73. The first-order chi connectivity index (χ1) is 6.74. The average Bonchev–Trinajstić information content (AvgIpc) is 2.20. The molecular weight excluding hydrogens is 206 g/mol. The first-order valence-corrected chi connectivity index (χ1v) is 4.62. The standard InChI is InChI=1S/C9H10ClNO3/c1-2-14-11-4-3-8(10)7(5-12)9(11)6-13/h5H,2-4H2,1H3. The zero-order chi connectivity index (χ0) is 10.6. The van der Waals surface area contributed by atoms with Crippen LogP contribution in [0.1, 0.15) is 13.3 Å². The van der Waals surface area contributed by atoms with Crippen LogP contribution in [0, 0.1) is 0 Å². The number of nitrogens with zero attached hydrogens (tertiary/aromatic N) is 1. The van der Waals surface area contributed by atoms with Crippen molar-refractivity contribution in [1.29, 1.82) is 0 Å². The summed E-state index contributed by atoms with van der Waals surface area (Å²) in [6, 6.07) is 0. The quantitative estimate of drug-likeness (QED) is 0.522. The minimum absolute atomic E-state index is 0.0816. The van der Waals surface area contributed by atoms with Gasteiger partial charge in [-0.25, -0.2) is 9.86 Å². The van der Waals surface area contributed by atoms with E-state index >= 15 is 0 Å². The number of rotatable bonds is 3. The molecule has 0 aromatic heterocycles. The number of hydroxylamine groups is 2. The third-order valence-corrected chi connectivity index (χ3v) is 2.22. The fourth-order valence-electron chi connectivity index (χ4n) is 1.22. The molecule has 1 aliphatic rings. The van der Waals surface area contributed by atoms with Crippen LogP contribution in [0.5, 0.6) is 0 Å². The van der Waals surface area contributed by atoms with Crippen LogP contribution in [0.3, 0.4) is 0 Å². The van der Waals surface area contributed by atoms with E-state index in [0.29, 0.717) is 30.9 Å². The number of allylic oxidation sites excluding steroid dienone is 1. The van der Waals surface area contributed by atoms with Crippen molar-refractivity contribution in [1.82, 2.24) is 5.06 Å². The molecule has 0 aromatic carbocycles. The van der Waals surface area contributed by atoms with E-state index in [1.54, 1.807) is 12.9 Å². The van der Waals surface area contributed by atoms with Gasteiger partial charge in [0.15, 0.2) is 17.9 Å². The zero-order valence-corrected chi connectivity index (χ0v) is 8.50. The molecule has 76 valence electrons. The van der Waals surface area contributed by atoms with E-state index in [-0.39, 0.29) is 11.3 Å². The highest BCUT2D eigenvalue weighted by molar-refractivity contribution is 6.31. The minimum atomic E-state index is 0.0816. The molecular formula is C9H10ClNO3. The SMILES string of the molecule is CCON1CCC(Cl)=C(C=O)C1=C=O. The summed E-state index contributed by atoms with van der Waals surface area (Å²) in [5.41, 5.74) is 0.250. The van der Waals surface area contributed by atoms with Gasteiger partial charge in [-0.3, -0.25) is 9.63 Å². The van der Waals surface area contributed by atoms with Gasteiger partial charge in [0.05, 0.1) is 18.7 Å². The largest absolute Gasteiger partial charge is 0.298 e. The molecule has 4 nitrogen and oxygen atoms in total. The molecule has 1 aliphatic heterocycles. The second kappa shape index (κ2) is 4.96. The highest BCUT2D eigenvalue weighted by Gasteiger charge is 2.24. The van der Waals surface area contributed by atoms with Gasteiger partial charge >= 0.3 is 0 Å². The first kappa shape index (κ1) is 11.0. The van der Waals surface area contributed by atoms with Gasteiger partial charge in [0.2, 0.25) is 0 Å². The highest BCUT2D eigenvalue weighted by Crippen LogP contribution is 2.26. The van der Waals surface area contributed by atoms with Gasteiger partial charge < -0.3 is 0 Å². The van der Waals surface area contributed by atoms with Crippen LogP contribution in [0.2, 0.25) is 0 Å². The Balaban J connectivity index is 3.01. The highest BCUT2D eigenvalue weighted by atomic mass is 35.5. The Morgan fingerprint density at radius 1 is 1.71 bits per heavy atom. The lowest BCUT2D eigenvalue weighted by molar-refractivity contribution is -0.126. The number of hydrogen-bond donors (Lipinski definition) is 0. The summed E-state index contributed by atoms with van der Waals surface area (Å²) in [4.78, 5) is 26.4. The number of halogens is 1. The summed E-state index contributed by atoms with van der Waals surface area (Å²) in [6.07, 6.45) is 1.05. The lowest BCUT2D eigenvalue weighted by Gasteiger charge is -2.27. The maximum absolute atomic E-state index is 10.7. The Bertz CT molecular complexity index is 318. The zero-order valence-electron chi connectivity index (χ0n) is 7.75. The second-order valence-electron chi connectivity index (χ2n) is 2.66. The van der Waals surface area contributed by atoms with E-state index < -0.39 is 0 Å². The lowest BCUT2D eigenvalue weighted by atomic mass is 10.1. The Morgan fingerprint density at radius 3 is 2.93 bits per heavy atom. The summed E-state index contributed by atoms with van der Waals surface area (Å²) >= 11 is 5.79. The molecule has 0 aromatic rings. The van der Waals surface area contributed by atoms with Crippen molar-refractivity contribution in [2.45, 2.75) is 13.3 Å². The Morgan fingerprint density at radius 2 is 2.43 bits per heavy atom. The topological polar surface area (TPSA) is 46.6 Å². The van der Waals surface area contributed by atoms with Gasteiger partial charge in [-0.15, -0.1) is 0 Å². The molecule has 0 spiro atoms. The minimum Gasteiger partial charge on any atom is -0.298 e. The third kappa shape index (κ3) is 2.04. The van der Waals surface area contributed by atoms with Gasteiger partial charge in [-0.05, 0) is 6.92 Å². The Kier molecular flexibility index (Phi) is 3.89. The molecule has 14 heavy (non-hydrogen) atoms. The van der Waals surface area contributed by atoms with Crippen molar-refractivity contribution < 1.29 is 14.4 Å². The van der Waals surface area contributed by atoms with Crippen LogP contribution < -0.4 is 0 Å². The molecule has 0 unspecified atom stereocenters. The van der Waals surface area contributed by atoms with Gasteiger partial charge in [-0.1, -0.05) is 11.6 Å². The number of carbonyl (C=O) groups excluding carboxylic acids is 2. The van der Waals surface area contributed by atoms with Crippen LogP contribution in [-0.4, -0.2) is 30.4 Å². The van der Waals surface area contributed by atoms with Crippen molar-refractivity contribution >= 4 is 23.8 Å². The predicted octanol–water partition coefficient (Wildman–Crippen LogP) is 1.05. The van der Waals surface area contributed by atoms with Crippen molar-refractivity contribution in [3.05, 3.63) is 16.3 Å². The Hall–Kier alpha value is -1.09. The molecule has 0 fully saturated rings. The maximum Gasteiger partial charge on any atom is 0.159 e. The molecule has 0 atom stereocenters. The molecule has 0 aliphatic carbocycles. The molecule has 1 rings (SSSR count). The molecule has 0 bridgehead atoms. The van der Waals surface area contributed by atoms with Crippen LogP contribution >= 0.6 is 11.6 Å². The van der Waals surface area contributed by atoms with Crippen molar-refractivity contribution in [3.8, 4) is 0 Å². The van der Waals surface area contributed by atoms with Crippen LogP contribution in [0.25, 0.3) is 0 Å². The van der Waals surface area contributed by atoms with Gasteiger partial charge in [-0.2, -0.15) is 0 Å². The van der Waals surface area contributed by atoms with E-state index in [0.717, 1.165) is 0 Å². The molecule has 0 saturated carbocycles. The monoisotopic (exact) mass is 215 g/mol. The van der Waals surface area contributed by atoms with Gasteiger partial charge in [0.25, 0.3) is 0 Å². The number of carbonyl (C=O) groups is 1. The molecule has 0 saturated heterocycles. The van der Waals surface area contributed by atoms with E-state index in [1.165, 1.54) is 5.06 Å². The molecule has 0 amide bonds. The van der Waals surface area contributed by atoms with Gasteiger partial charge in [0, 0.05) is 11.5 Å². The van der Waals surface area contributed by atoms with E-state index in [2.05, 4.69) is 0 Å². The predicted molar refractivity (Wildman–Crippen MR) is 51.1 cm³/mol. The number of hydrogen-bond acceptors (Lipinski definition) is 4. The fourth-order valence-corrected chi connectivity index (χ4v) is 1.44. The van der Waals surface area contributed by atoms with Crippen molar-refractivity contribution in [2.24, 2.45) is 0 Å². The Labute approximate surface area is 86.7 Å². The molecule has 5 heteroatoms. The van der Waals surface area contributed by atoms with Gasteiger partial charge in [0.1, 0.15) is 0 Å².